The van der Waals surface area contributed by atoms with Crippen molar-refractivity contribution in [3.8, 4) is 5.75 Å². The van der Waals surface area contributed by atoms with Gasteiger partial charge in [-0.05, 0) is 36.6 Å². The highest BCUT2D eigenvalue weighted by molar-refractivity contribution is 8.26. The van der Waals surface area contributed by atoms with Crippen LogP contribution in [0.2, 0.25) is 0 Å². The number of para-hydroxylation sites is 2. The largest absolute Gasteiger partial charge is 0.492 e. The zero-order chi connectivity index (χ0) is 18.5. The fourth-order valence-electron chi connectivity index (χ4n) is 2.32. The van der Waals surface area contributed by atoms with Crippen LogP contribution in [-0.2, 0) is 9.59 Å². The smallest absolute Gasteiger partial charge is 0.266 e. The number of hydrogen-bond acceptors (Lipinski definition) is 6. The predicted octanol–water partition coefficient (Wildman–Crippen LogP) is 3.99. The summed E-state index contributed by atoms with van der Waals surface area (Å²) in [6.45, 7) is 2.24. The number of carbonyl (C=O) groups excluding carboxylic acids is 2. The Labute approximate surface area is 165 Å². The molecule has 1 fully saturated rings. The lowest BCUT2D eigenvalue weighted by Crippen LogP contribution is -2.36. The monoisotopic (exact) mass is 404 g/mol. The number of anilines is 1. The van der Waals surface area contributed by atoms with Crippen molar-refractivity contribution in [3.63, 3.8) is 0 Å². The first kappa shape index (κ1) is 18.6. The number of ether oxygens (including phenoxy) is 1. The average Bonchev–Trinajstić information content (AvgIpc) is 3.21. The van der Waals surface area contributed by atoms with Crippen LogP contribution in [-0.4, -0.2) is 34.2 Å². The zero-order valence-electron chi connectivity index (χ0n) is 13.9. The Morgan fingerprint density at radius 1 is 1.31 bits per heavy atom. The van der Waals surface area contributed by atoms with Crippen LogP contribution in [0.1, 0.15) is 11.8 Å². The molecule has 0 radical (unpaired) electrons. The molecule has 1 N–H and O–H groups in total. The molecule has 5 nitrogen and oxygen atoms in total. The van der Waals surface area contributed by atoms with E-state index >= 15 is 0 Å². The molecule has 1 saturated heterocycles. The number of amides is 2. The molecular formula is C18H16N2O3S3. The van der Waals surface area contributed by atoms with E-state index in [1.165, 1.54) is 28.0 Å². The highest BCUT2D eigenvalue weighted by Crippen LogP contribution is 2.33. The topological polar surface area (TPSA) is 58.6 Å². The van der Waals surface area contributed by atoms with E-state index in [0.717, 1.165) is 4.88 Å². The maximum atomic E-state index is 12.5. The third kappa shape index (κ3) is 4.32. The van der Waals surface area contributed by atoms with Gasteiger partial charge in [-0.15, -0.1) is 11.3 Å². The second kappa shape index (κ2) is 8.48. The maximum absolute atomic E-state index is 12.5. The summed E-state index contributed by atoms with van der Waals surface area (Å²) in [5.41, 5.74) is 0.568. The van der Waals surface area contributed by atoms with Gasteiger partial charge in [0.1, 0.15) is 16.6 Å². The number of thiophene rings is 1. The second-order valence-corrected chi connectivity index (χ2v) is 7.92. The van der Waals surface area contributed by atoms with Crippen molar-refractivity contribution in [2.45, 2.75) is 6.92 Å². The van der Waals surface area contributed by atoms with Gasteiger partial charge < -0.3 is 10.1 Å². The van der Waals surface area contributed by atoms with Crippen LogP contribution in [0.25, 0.3) is 6.08 Å². The first-order valence-corrected chi connectivity index (χ1v) is 9.99. The third-order valence-corrected chi connectivity index (χ3v) is 5.65. The molecule has 1 aliphatic rings. The Bertz CT molecular complexity index is 862. The molecule has 2 heterocycles. The quantitative estimate of drug-likeness (QED) is 0.583. The van der Waals surface area contributed by atoms with E-state index in [4.69, 9.17) is 17.0 Å². The highest BCUT2D eigenvalue weighted by Gasteiger charge is 2.33. The summed E-state index contributed by atoms with van der Waals surface area (Å²) < 4.78 is 5.87. The SMILES string of the molecule is CCOc1ccccc1NC(=O)CN1C(=O)/C(=C/c2cccs2)SC1=S. The van der Waals surface area contributed by atoms with Gasteiger partial charge in [-0.2, -0.15) is 0 Å². The summed E-state index contributed by atoms with van der Waals surface area (Å²) in [4.78, 5) is 27.8. The van der Waals surface area contributed by atoms with Crippen molar-refractivity contribution < 1.29 is 14.3 Å². The summed E-state index contributed by atoms with van der Waals surface area (Å²) in [7, 11) is 0. The highest BCUT2D eigenvalue weighted by atomic mass is 32.2. The molecule has 2 aromatic rings. The standard InChI is InChI=1S/C18H16N2O3S3/c1-2-23-14-8-4-3-7-13(14)19-16(21)11-20-17(22)15(26-18(20)24)10-12-6-5-9-25-12/h3-10H,2,11H2,1H3,(H,19,21)/b15-10-. The molecule has 0 bridgehead atoms. The number of nitrogens with one attached hydrogen (secondary N) is 1. The molecule has 1 aliphatic heterocycles. The lowest BCUT2D eigenvalue weighted by Gasteiger charge is -2.15. The van der Waals surface area contributed by atoms with E-state index in [2.05, 4.69) is 5.32 Å². The first-order chi connectivity index (χ1) is 12.6. The van der Waals surface area contributed by atoms with Gasteiger partial charge >= 0.3 is 0 Å². The van der Waals surface area contributed by atoms with Crippen LogP contribution in [0, 0.1) is 0 Å². The van der Waals surface area contributed by atoms with Crippen LogP contribution in [0.3, 0.4) is 0 Å². The third-order valence-electron chi connectivity index (χ3n) is 3.45. The van der Waals surface area contributed by atoms with E-state index in [1.54, 1.807) is 18.2 Å². The molecule has 0 atom stereocenters. The first-order valence-electron chi connectivity index (χ1n) is 7.89. The van der Waals surface area contributed by atoms with Crippen LogP contribution in [0.5, 0.6) is 5.75 Å². The Hall–Kier alpha value is -2.16. The molecule has 0 spiro atoms. The van der Waals surface area contributed by atoms with Gasteiger partial charge in [0.05, 0.1) is 17.2 Å². The fourth-order valence-corrected chi connectivity index (χ4v) is 4.30. The Balaban J connectivity index is 1.68. The Morgan fingerprint density at radius 3 is 2.85 bits per heavy atom. The molecule has 0 saturated carbocycles. The maximum Gasteiger partial charge on any atom is 0.266 e. The van der Waals surface area contributed by atoms with Gasteiger partial charge in [-0.25, -0.2) is 0 Å². The molecule has 8 heteroatoms. The molecular weight excluding hydrogens is 388 g/mol. The predicted molar refractivity (Wildman–Crippen MR) is 110 cm³/mol. The van der Waals surface area contributed by atoms with Gasteiger partial charge in [0.2, 0.25) is 5.91 Å². The van der Waals surface area contributed by atoms with Crippen molar-refractivity contribution in [2.75, 3.05) is 18.5 Å². The van der Waals surface area contributed by atoms with Gasteiger partial charge in [0, 0.05) is 4.88 Å². The molecule has 2 amide bonds. The Morgan fingerprint density at radius 2 is 2.12 bits per heavy atom. The molecule has 3 rings (SSSR count). The summed E-state index contributed by atoms with van der Waals surface area (Å²) in [6, 6.07) is 11.0. The minimum absolute atomic E-state index is 0.132. The number of carbonyl (C=O) groups is 2. The molecule has 26 heavy (non-hydrogen) atoms. The number of nitrogens with zero attached hydrogens (tertiary/aromatic N) is 1. The van der Waals surface area contributed by atoms with E-state index in [-0.39, 0.29) is 18.4 Å². The summed E-state index contributed by atoms with van der Waals surface area (Å²) in [6.07, 6.45) is 1.80. The molecule has 1 aromatic heterocycles. The van der Waals surface area contributed by atoms with Crippen molar-refractivity contribution in [3.05, 3.63) is 51.6 Å². The van der Waals surface area contributed by atoms with Gasteiger partial charge in [0.25, 0.3) is 5.91 Å². The number of benzene rings is 1. The number of thioether (sulfide) groups is 1. The lowest BCUT2D eigenvalue weighted by atomic mass is 10.3. The van der Waals surface area contributed by atoms with Crippen LogP contribution in [0.15, 0.2) is 46.7 Å². The van der Waals surface area contributed by atoms with Gasteiger partial charge in [0.15, 0.2) is 0 Å². The minimum atomic E-state index is -0.328. The van der Waals surface area contributed by atoms with Crippen LogP contribution in [0.4, 0.5) is 5.69 Å². The summed E-state index contributed by atoms with van der Waals surface area (Å²) in [5.74, 6) is 0.0128. The average molecular weight is 405 g/mol. The van der Waals surface area contributed by atoms with Gasteiger partial charge in [-0.1, -0.05) is 42.2 Å². The van der Waals surface area contributed by atoms with Crippen LogP contribution >= 0.6 is 35.3 Å². The van der Waals surface area contributed by atoms with Crippen molar-refractivity contribution >= 4 is 63.2 Å². The molecule has 134 valence electrons. The number of rotatable bonds is 6. The molecule has 0 aliphatic carbocycles. The number of hydrogen-bond donors (Lipinski definition) is 1. The zero-order valence-corrected chi connectivity index (χ0v) is 16.4. The van der Waals surface area contributed by atoms with E-state index < -0.39 is 0 Å². The van der Waals surface area contributed by atoms with Gasteiger partial charge in [-0.3, -0.25) is 14.5 Å². The van der Waals surface area contributed by atoms with E-state index in [1.807, 2.05) is 36.6 Å². The normalized spacial score (nSPS) is 15.6. The van der Waals surface area contributed by atoms with E-state index in [0.29, 0.717) is 27.3 Å². The van der Waals surface area contributed by atoms with Crippen LogP contribution < -0.4 is 10.1 Å². The number of thiocarbonyl (C=S) groups is 1. The van der Waals surface area contributed by atoms with Crippen molar-refractivity contribution in [1.29, 1.82) is 0 Å². The summed E-state index contributed by atoms with van der Waals surface area (Å²) in [5, 5.41) is 4.72. The van der Waals surface area contributed by atoms with Crippen molar-refractivity contribution in [1.82, 2.24) is 4.90 Å². The molecule has 1 aromatic carbocycles. The molecule has 0 unspecified atom stereocenters. The van der Waals surface area contributed by atoms with Crippen molar-refractivity contribution in [2.24, 2.45) is 0 Å². The minimum Gasteiger partial charge on any atom is -0.492 e. The van der Waals surface area contributed by atoms with E-state index in [9.17, 15) is 9.59 Å². The lowest BCUT2D eigenvalue weighted by molar-refractivity contribution is -0.126. The fraction of sp³-hybridized carbons (Fsp3) is 0.167. The summed E-state index contributed by atoms with van der Waals surface area (Å²) >= 11 is 8.02. The Kier molecular flexibility index (Phi) is 6.08. The second-order valence-electron chi connectivity index (χ2n) is 5.26.